The molecule has 0 spiro atoms. The average Bonchev–Trinajstić information content (AvgIpc) is 3.21. The molecule has 0 fully saturated rings. The molecular weight excluding hydrogens is 773 g/mol. The molecule has 12 nitrogen and oxygen atoms in total. The second-order valence-corrected chi connectivity index (χ2v) is 15.0. The molecule has 13 heteroatoms. The maximum atomic E-state index is 12.6. The first-order valence-electron chi connectivity index (χ1n) is 21.0. The minimum absolute atomic E-state index is 0.0559. The number of unbranched alkanes of at least 4 members (excludes halogenated alkanes) is 3. The van der Waals surface area contributed by atoms with Crippen molar-refractivity contribution in [2.45, 2.75) is 141 Å². The summed E-state index contributed by atoms with van der Waals surface area (Å²) >= 11 is 0. The van der Waals surface area contributed by atoms with Crippen LogP contribution in [0.3, 0.4) is 0 Å². The van der Waals surface area contributed by atoms with Gasteiger partial charge in [0.2, 0.25) is 0 Å². The predicted octanol–water partition coefficient (Wildman–Crippen LogP) is 10.0. The van der Waals surface area contributed by atoms with Gasteiger partial charge in [-0.3, -0.25) is 23.4 Å². The molecule has 0 aromatic rings. The second-order valence-electron chi connectivity index (χ2n) is 13.6. The van der Waals surface area contributed by atoms with E-state index in [2.05, 4.69) is 91.3 Å². The number of aliphatic hydroxyl groups excluding tert-OH is 1. The number of carbonyl (C=O) groups excluding carboxylic acids is 2. The van der Waals surface area contributed by atoms with Gasteiger partial charge in [-0.25, -0.2) is 4.57 Å². The van der Waals surface area contributed by atoms with Crippen molar-refractivity contribution in [3.63, 3.8) is 0 Å². The lowest BCUT2D eigenvalue weighted by Gasteiger charge is -2.20. The summed E-state index contributed by atoms with van der Waals surface area (Å²) in [5, 5.41) is 18.7. The monoisotopic (exact) mass is 845 g/mol. The Morgan fingerprint density at radius 1 is 0.610 bits per heavy atom. The molecule has 332 valence electrons. The highest BCUT2D eigenvalue weighted by Gasteiger charge is 2.28. The number of nitrogens with two attached hydrogens (primary N) is 1. The maximum Gasteiger partial charge on any atom is 0.472 e. The molecule has 0 aliphatic rings. The zero-order valence-corrected chi connectivity index (χ0v) is 36.3. The number of carbonyl (C=O) groups is 3. The minimum Gasteiger partial charge on any atom is -0.480 e. The van der Waals surface area contributed by atoms with Gasteiger partial charge in [-0.1, -0.05) is 136 Å². The van der Waals surface area contributed by atoms with E-state index in [1.807, 2.05) is 36.5 Å². The van der Waals surface area contributed by atoms with E-state index < -0.39 is 57.7 Å². The van der Waals surface area contributed by atoms with E-state index in [9.17, 15) is 28.9 Å². The summed E-state index contributed by atoms with van der Waals surface area (Å²) in [7, 11) is -4.76. The number of aliphatic carboxylic acids is 1. The van der Waals surface area contributed by atoms with Gasteiger partial charge in [-0.2, -0.15) is 0 Å². The fourth-order valence-electron chi connectivity index (χ4n) is 4.76. The summed E-state index contributed by atoms with van der Waals surface area (Å²) in [6, 6.07) is -1.55. The van der Waals surface area contributed by atoms with Crippen molar-refractivity contribution in [2.24, 2.45) is 5.73 Å². The Morgan fingerprint density at radius 3 is 1.53 bits per heavy atom. The van der Waals surface area contributed by atoms with Gasteiger partial charge in [0.1, 0.15) is 12.6 Å². The molecule has 0 aliphatic heterocycles. The van der Waals surface area contributed by atoms with Crippen LogP contribution in [0, 0.1) is 0 Å². The summed E-state index contributed by atoms with van der Waals surface area (Å²) < 4.78 is 32.5. The van der Waals surface area contributed by atoms with Crippen LogP contribution in [0.5, 0.6) is 0 Å². The molecule has 0 saturated heterocycles. The Kier molecular flexibility index (Phi) is 36.9. The van der Waals surface area contributed by atoms with Crippen LogP contribution >= 0.6 is 7.82 Å². The van der Waals surface area contributed by atoms with Crippen LogP contribution in [0.2, 0.25) is 0 Å². The Labute approximate surface area is 353 Å². The maximum absolute atomic E-state index is 12.6. The Bertz CT molecular complexity index is 1430. The summed E-state index contributed by atoms with van der Waals surface area (Å²) in [6.45, 7) is 2.38. The Morgan fingerprint density at radius 2 is 1.05 bits per heavy atom. The lowest BCUT2D eigenvalue weighted by molar-refractivity contribution is -0.161. The molecule has 0 rings (SSSR count). The summed E-state index contributed by atoms with van der Waals surface area (Å²) in [5.74, 6) is -2.57. The van der Waals surface area contributed by atoms with E-state index in [4.69, 9.17) is 24.8 Å². The van der Waals surface area contributed by atoms with Crippen molar-refractivity contribution >= 4 is 25.7 Å². The number of esters is 2. The Hall–Kier alpha value is -3.90. The fourth-order valence-corrected chi connectivity index (χ4v) is 5.53. The second kappa shape index (κ2) is 39.6. The summed E-state index contributed by atoms with van der Waals surface area (Å²) in [6.07, 6.45) is 47.9. The van der Waals surface area contributed by atoms with Crippen molar-refractivity contribution in [3.05, 3.63) is 109 Å². The van der Waals surface area contributed by atoms with E-state index in [0.717, 1.165) is 70.6 Å². The van der Waals surface area contributed by atoms with Gasteiger partial charge in [0, 0.05) is 12.8 Å². The van der Waals surface area contributed by atoms with Crippen LogP contribution < -0.4 is 5.73 Å². The molecule has 0 heterocycles. The normalized spacial score (nSPS) is 15.3. The van der Waals surface area contributed by atoms with Crippen molar-refractivity contribution < 1.29 is 52.6 Å². The highest BCUT2D eigenvalue weighted by molar-refractivity contribution is 7.47. The van der Waals surface area contributed by atoms with Crippen LogP contribution in [0.4, 0.5) is 0 Å². The summed E-state index contributed by atoms with van der Waals surface area (Å²) in [5.41, 5.74) is 5.32. The van der Waals surface area contributed by atoms with E-state index in [1.165, 1.54) is 0 Å². The SMILES string of the molecule is CC/C=C\C/C=C\C/C=C\C/C=C\C/C=C\CCCC(=O)O[C@H](COC(=O)CCC/C=C\C/C=C\C/C=C\C/C=C\[C@@H](O)CCCC)COP(=O)(O)OC[C@H](N)C(=O)O. The molecular formula is C46H72NO11P. The van der Waals surface area contributed by atoms with E-state index >= 15 is 0 Å². The number of phosphoric acid groups is 1. The molecule has 0 saturated carbocycles. The highest BCUT2D eigenvalue weighted by atomic mass is 31.2. The van der Waals surface area contributed by atoms with E-state index in [0.29, 0.717) is 25.7 Å². The van der Waals surface area contributed by atoms with Crippen LogP contribution in [-0.2, 0) is 37.5 Å². The van der Waals surface area contributed by atoms with E-state index in [-0.39, 0.29) is 18.9 Å². The molecule has 0 aromatic heterocycles. The fraction of sp³-hybridized carbons (Fsp3) is 0.543. The molecule has 0 aliphatic carbocycles. The number of phosphoric ester groups is 1. The largest absolute Gasteiger partial charge is 0.480 e. The number of carboxylic acid groups (broad SMARTS) is 1. The smallest absolute Gasteiger partial charge is 0.472 e. The van der Waals surface area contributed by atoms with Gasteiger partial charge in [0.25, 0.3) is 0 Å². The third-order valence-electron chi connectivity index (χ3n) is 8.08. The van der Waals surface area contributed by atoms with Gasteiger partial charge in [0.05, 0.1) is 19.3 Å². The van der Waals surface area contributed by atoms with E-state index in [1.54, 1.807) is 0 Å². The molecule has 4 atom stereocenters. The minimum atomic E-state index is -4.76. The van der Waals surface area contributed by atoms with Crippen molar-refractivity contribution in [2.75, 3.05) is 19.8 Å². The number of ether oxygens (including phenoxy) is 2. The molecule has 0 aromatic carbocycles. The molecule has 5 N–H and O–H groups in total. The topological polar surface area (TPSA) is 192 Å². The first kappa shape index (κ1) is 55.1. The van der Waals surface area contributed by atoms with Crippen LogP contribution in [-0.4, -0.2) is 71.1 Å². The molecule has 59 heavy (non-hydrogen) atoms. The zero-order valence-electron chi connectivity index (χ0n) is 35.4. The lowest BCUT2D eigenvalue weighted by Crippen LogP contribution is -2.34. The molecule has 1 unspecified atom stereocenters. The quantitative estimate of drug-likeness (QED) is 0.0201. The standard InChI is InChI=1S/C46H72NO11P/c1-3-5-7-8-9-10-11-12-13-14-15-16-21-24-27-30-33-37-45(50)58-42(39-56-59(53,54)57-40-43(47)46(51)52)38-55-44(49)36-32-29-26-23-20-18-17-19-22-25-28-31-35-41(48)34-6-4-2/h5,7,9-10,12-13,15-18,22-27,31,35,41-43,48H,3-4,6,8,11,14,19-21,28-30,32-34,36-40,47H2,1-2H3,(H,51,52)(H,53,54)/b7-5-,10-9-,13-12-,16-15-,18-17-,25-22-,26-23-,27-24-,35-31-/t41-,42+,43-/m0/s1. The average molecular weight is 846 g/mol. The third kappa shape index (κ3) is 39.3. The molecule has 0 bridgehead atoms. The number of aliphatic hydroxyl groups is 1. The number of hydrogen-bond donors (Lipinski definition) is 4. The zero-order chi connectivity index (χ0) is 43.7. The molecule has 0 radical (unpaired) electrons. The number of hydrogen-bond acceptors (Lipinski definition) is 10. The van der Waals surface area contributed by atoms with Gasteiger partial charge in [-0.05, 0) is 83.5 Å². The first-order valence-corrected chi connectivity index (χ1v) is 22.5. The highest BCUT2D eigenvalue weighted by Crippen LogP contribution is 2.43. The van der Waals surface area contributed by atoms with Crippen LogP contribution in [0.1, 0.15) is 123 Å². The Balaban J connectivity index is 4.63. The van der Waals surface area contributed by atoms with Gasteiger partial charge < -0.3 is 30.3 Å². The number of allylic oxidation sites excluding steroid dienone is 17. The first-order chi connectivity index (χ1) is 28.5. The van der Waals surface area contributed by atoms with Crippen LogP contribution in [0.15, 0.2) is 109 Å². The van der Waals surface area contributed by atoms with Crippen molar-refractivity contribution in [1.82, 2.24) is 0 Å². The number of rotatable bonds is 37. The van der Waals surface area contributed by atoms with Crippen LogP contribution in [0.25, 0.3) is 0 Å². The predicted molar refractivity (Wildman–Crippen MR) is 236 cm³/mol. The van der Waals surface area contributed by atoms with Gasteiger partial charge >= 0.3 is 25.7 Å². The third-order valence-corrected chi connectivity index (χ3v) is 9.03. The summed E-state index contributed by atoms with van der Waals surface area (Å²) in [4.78, 5) is 45.9. The molecule has 0 amide bonds. The van der Waals surface area contributed by atoms with Gasteiger partial charge in [-0.15, -0.1) is 0 Å². The number of carboxylic acids is 1. The van der Waals surface area contributed by atoms with Gasteiger partial charge in [0.15, 0.2) is 6.10 Å². The van der Waals surface area contributed by atoms with Crippen molar-refractivity contribution in [3.8, 4) is 0 Å². The lowest BCUT2D eigenvalue weighted by atomic mass is 10.1. The van der Waals surface area contributed by atoms with Crippen molar-refractivity contribution in [1.29, 1.82) is 0 Å².